The van der Waals surface area contributed by atoms with Crippen LogP contribution in [-0.4, -0.2) is 31.6 Å². The minimum atomic E-state index is -0.675. The third kappa shape index (κ3) is 6.06. The van der Waals surface area contributed by atoms with Crippen LogP contribution in [-0.2, 0) is 11.3 Å². The summed E-state index contributed by atoms with van der Waals surface area (Å²) in [5, 5.41) is 5.42. The maximum absolute atomic E-state index is 12.2. The van der Waals surface area contributed by atoms with Gasteiger partial charge in [-0.2, -0.15) is 0 Å². The Morgan fingerprint density at radius 2 is 2.04 bits per heavy atom. The number of hydrogen-bond donors (Lipinski definition) is 2. The van der Waals surface area contributed by atoms with Crippen LogP contribution in [0.15, 0.2) is 41.2 Å². The van der Waals surface area contributed by atoms with Gasteiger partial charge in [0.1, 0.15) is 12.3 Å². The number of unbranched alkanes of at least 4 members (excludes halogenated alkanes) is 1. The van der Waals surface area contributed by atoms with Crippen molar-refractivity contribution in [2.75, 3.05) is 13.7 Å². The first kappa shape index (κ1) is 20.4. The first-order valence-corrected chi connectivity index (χ1v) is 8.95. The van der Waals surface area contributed by atoms with Crippen molar-refractivity contribution in [2.45, 2.75) is 39.3 Å². The van der Waals surface area contributed by atoms with Crippen molar-refractivity contribution in [1.29, 1.82) is 0 Å². The molecule has 0 saturated heterocycles. The summed E-state index contributed by atoms with van der Waals surface area (Å²) in [4.78, 5) is 24.2. The lowest BCUT2D eigenvalue weighted by atomic mass is 10.2. The van der Waals surface area contributed by atoms with Gasteiger partial charge in [-0.05, 0) is 37.1 Å². The van der Waals surface area contributed by atoms with Gasteiger partial charge in [-0.15, -0.1) is 0 Å². The van der Waals surface area contributed by atoms with Crippen LogP contribution in [0.3, 0.4) is 0 Å². The van der Waals surface area contributed by atoms with E-state index >= 15 is 0 Å². The molecule has 7 nitrogen and oxygen atoms in total. The van der Waals surface area contributed by atoms with Crippen molar-refractivity contribution >= 4 is 11.8 Å². The largest absolute Gasteiger partial charge is 0.493 e. The third-order valence-electron chi connectivity index (χ3n) is 3.97. The molecule has 0 aliphatic rings. The quantitative estimate of drug-likeness (QED) is 0.624. The van der Waals surface area contributed by atoms with Crippen LogP contribution in [0.25, 0.3) is 0 Å². The third-order valence-corrected chi connectivity index (χ3v) is 3.97. The monoisotopic (exact) mass is 374 g/mol. The Bertz CT molecular complexity index is 743. The summed E-state index contributed by atoms with van der Waals surface area (Å²) in [6.07, 6.45) is 4.77. The summed E-state index contributed by atoms with van der Waals surface area (Å²) in [5.41, 5.74) is 1.24. The molecule has 2 amide bonds. The second-order valence-corrected chi connectivity index (χ2v) is 6.11. The van der Waals surface area contributed by atoms with E-state index in [1.807, 2.05) is 18.2 Å². The molecule has 2 N–H and O–H groups in total. The van der Waals surface area contributed by atoms with Gasteiger partial charge in [-0.25, -0.2) is 0 Å². The predicted molar refractivity (Wildman–Crippen MR) is 101 cm³/mol. The molecule has 1 unspecified atom stereocenters. The maximum atomic E-state index is 12.2. The number of rotatable bonds is 10. The summed E-state index contributed by atoms with van der Waals surface area (Å²) >= 11 is 0. The van der Waals surface area contributed by atoms with E-state index in [1.165, 1.54) is 18.6 Å². The lowest BCUT2D eigenvalue weighted by Gasteiger charge is -2.15. The Balaban J connectivity index is 1.87. The summed E-state index contributed by atoms with van der Waals surface area (Å²) in [6.45, 7) is 4.68. The number of methoxy groups -OCH3 is 1. The van der Waals surface area contributed by atoms with Crippen molar-refractivity contribution < 1.29 is 23.5 Å². The van der Waals surface area contributed by atoms with Crippen LogP contribution in [0.4, 0.5) is 0 Å². The molecule has 0 spiro atoms. The van der Waals surface area contributed by atoms with E-state index in [0.29, 0.717) is 30.2 Å². The maximum Gasteiger partial charge on any atom is 0.255 e. The molecular formula is C20H26N2O5. The minimum absolute atomic E-state index is 0.283. The smallest absolute Gasteiger partial charge is 0.255 e. The van der Waals surface area contributed by atoms with Gasteiger partial charge in [0.25, 0.3) is 5.91 Å². The van der Waals surface area contributed by atoms with Crippen molar-refractivity contribution in [3.05, 3.63) is 47.9 Å². The minimum Gasteiger partial charge on any atom is -0.493 e. The molecule has 27 heavy (non-hydrogen) atoms. The summed E-state index contributed by atoms with van der Waals surface area (Å²) in [6, 6.07) is 6.40. The van der Waals surface area contributed by atoms with Gasteiger partial charge in [0.05, 0.1) is 25.5 Å². The second kappa shape index (κ2) is 10.3. The van der Waals surface area contributed by atoms with E-state index in [-0.39, 0.29) is 11.8 Å². The van der Waals surface area contributed by atoms with E-state index in [2.05, 4.69) is 17.6 Å². The summed E-state index contributed by atoms with van der Waals surface area (Å²) in [5.74, 6) is 0.664. The van der Waals surface area contributed by atoms with Crippen LogP contribution < -0.4 is 20.1 Å². The van der Waals surface area contributed by atoms with Gasteiger partial charge < -0.3 is 24.5 Å². The molecule has 7 heteroatoms. The molecular weight excluding hydrogens is 348 g/mol. The molecule has 0 aliphatic heterocycles. The first-order valence-electron chi connectivity index (χ1n) is 8.95. The van der Waals surface area contributed by atoms with Gasteiger partial charge in [-0.3, -0.25) is 9.59 Å². The zero-order valence-corrected chi connectivity index (χ0v) is 15.9. The van der Waals surface area contributed by atoms with Crippen LogP contribution in [0.2, 0.25) is 0 Å². The number of hydrogen-bond acceptors (Lipinski definition) is 5. The van der Waals surface area contributed by atoms with E-state index in [0.717, 1.165) is 18.4 Å². The highest BCUT2D eigenvalue weighted by molar-refractivity contribution is 5.97. The highest BCUT2D eigenvalue weighted by atomic mass is 16.5. The highest BCUT2D eigenvalue weighted by Gasteiger charge is 2.17. The average Bonchev–Trinajstić information content (AvgIpc) is 3.21. The van der Waals surface area contributed by atoms with Gasteiger partial charge in [0.15, 0.2) is 11.5 Å². The van der Waals surface area contributed by atoms with Crippen LogP contribution >= 0.6 is 0 Å². The summed E-state index contributed by atoms with van der Waals surface area (Å²) < 4.78 is 15.9. The van der Waals surface area contributed by atoms with Gasteiger partial charge in [0, 0.05) is 6.54 Å². The zero-order valence-electron chi connectivity index (χ0n) is 15.9. The number of ether oxygens (including phenoxy) is 2. The second-order valence-electron chi connectivity index (χ2n) is 6.11. The predicted octanol–water partition coefficient (Wildman–Crippen LogP) is 2.90. The van der Waals surface area contributed by atoms with Crippen LogP contribution in [0, 0.1) is 0 Å². The molecule has 0 fully saturated rings. The molecule has 0 saturated carbocycles. The molecule has 2 rings (SSSR count). The Kier molecular flexibility index (Phi) is 7.73. The Morgan fingerprint density at radius 1 is 1.22 bits per heavy atom. The van der Waals surface area contributed by atoms with Crippen molar-refractivity contribution in [3.8, 4) is 11.5 Å². The molecule has 0 aliphatic carbocycles. The first-order chi connectivity index (χ1) is 13.0. The number of carbonyl (C=O) groups excluding carboxylic acids is 2. The molecule has 0 radical (unpaired) electrons. The fourth-order valence-corrected chi connectivity index (χ4v) is 2.35. The number of carbonyl (C=O) groups is 2. The average molecular weight is 374 g/mol. The fourth-order valence-electron chi connectivity index (χ4n) is 2.35. The SMILES string of the molecule is CCCCOc1ccc(CNC(=O)C(C)NC(=O)c2ccoc2)cc1OC. The fraction of sp³-hybridized carbons (Fsp3) is 0.400. The molecule has 1 aromatic carbocycles. The van der Waals surface area contributed by atoms with E-state index in [1.54, 1.807) is 14.0 Å². The summed E-state index contributed by atoms with van der Waals surface area (Å²) in [7, 11) is 1.58. The van der Waals surface area contributed by atoms with E-state index in [9.17, 15) is 9.59 Å². The number of amides is 2. The highest BCUT2D eigenvalue weighted by Crippen LogP contribution is 2.28. The molecule has 0 bridgehead atoms. The van der Waals surface area contributed by atoms with Crippen LogP contribution in [0.1, 0.15) is 42.6 Å². The number of furan rings is 1. The Labute approximate surface area is 159 Å². The van der Waals surface area contributed by atoms with Crippen molar-refractivity contribution in [3.63, 3.8) is 0 Å². The molecule has 1 atom stereocenters. The molecule has 1 heterocycles. The standard InChI is InChI=1S/C20H26N2O5/c1-4-5-9-27-17-7-6-15(11-18(17)25-3)12-21-19(23)14(2)22-20(24)16-8-10-26-13-16/h6-8,10-11,13-14H,4-5,9,12H2,1-3H3,(H,21,23)(H,22,24). The van der Waals surface area contributed by atoms with E-state index in [4.69, 9.17) is 13.9 Å². The van der Waals surface area contributed by atoms with Gasteiger partial charge in [0.2, 0.25) is 5.91 Å². The number of nitrogens with one attached hydrogen (secondary N) is 2. The van der Waals surface area contributed by atoms with Crippen LogP contribution in [0.5, 0.6) is 11.5 Å². The molecule has 1 aromatic heterocycles. The Hall–Kier alpha value is -2.96. The van der Waals surface area contributed by atoms with Gasteiger partial charge in [-0.1, -0.05) is 19.4 Å². The molecule has 2 aromatic rings. The normalized spacial score (nSPS) is 11.5. The zero-order chi connectivity index (χ0) is 19.6. The van der Waals surface area contributed by atoms with E-state index < -0.39 is 6.04 Å². The number of benzene rings is 1. The van der Waals surface area contributed by atoms with Crippen molar-refractivity contribution in [1.82, 2.24) is 10.6 Å². The Morgan fingerprint density at radius 3 is 2.70 bits per heavy atom. The topological polar surface area (TPSA) is 89.8 Å². The van der Waals surface area contributed by atoms with Crippen molar-refractivity contribution in [2.24, 2.45) is 0 Å². The molecule has 146 valence electrons. The van der Waals surface area contributed by atoms with Gasteiger partial charge >= 0.3 is 0 Å². The lowest BCUT2D eigenvalue weighted by molar-refractivity contribution is -0.122. The lowest BCUT2D eigenvalue weighted by Crippen LogP contribution is -2.44.